The van der Waals surface area contributed by atoms with E-state index in [1.54, 1.807) is 6.92 Å². The van der Waals surface area contributed by atoms with Crippen LogP contribution in [-0.2, 0) is 30.7 Å². The molecule has 9 heteroatoms. The van der Waals surface area contributed by atoms with Crippen molar-refractivity contribution in [1.29, 1.82) is 0 Å². The Balaban J connectivity index is 3.29. The lowest BCUT2D eigenvalue weighted by Gasteiger charge is -2.18. The zero-order chi connectivity index (χ0) is 17.0. The standard InChI is InChI=1S/C13H16F3O5P/c1-4-21-12(17)9-5-6-10(8-22(18,19-2)20-3)11(7-9)13(14,15)16/h5-7H,4,8H2,1-3H3. The maximum atomic E-state index is 13.1. The highest BCUT2D eigenvalue weighted by Gasteiger charge is 2.36. The Morgan fingerprint density at radius 2 is 1.82 bits per heavy atom. The summed E-state index contributed by atoms with van der Waals surface area (Å²) in [7, 11) is -1.49. The van der Waals surface area contributed by atoms with Gasteiger partial charge in [-0.1, -0.05) is 6.07 Å². The third kappa shape index (κ3) is 4.56. The zero-order valence-corrected chi connectivity index (χ0v) is 13.2. The summed E-state index contributed by atoms with van der Waals surface area (Å²) in [4.78, 5) is 11.5. The number of carbonyl (C=O) groups is 1. The van der Waals surface area contributed by atoms with Crippen LogP contribution in [0.2, 0.25) is 0 Å². The summed E-state index contributed by atoms with van der Waals surface area (Å²) < 4.78 is 65.4. The minimum absolute atomic E-state index is 0.0461. The van der Waals surface area contributed by atoms with Crippen LogP contribution in [0.4, 0.5) is 13.2 Å². The monoisotopic (exact) mass is 340 g/mol. The van der Waals surface area contributed by atoms with Crippen LogP contribution in [0.1, 0.15) is 28.4 Å². The molecule has 124 valence electrons. The fourth-order valence-corrected chi connectivity index (χ4v) is 2.83. The van der Waals surface area contributed by atoms with Gasteiger partial charge in [0, 0.05) is 14.2 Å². The minimum atomic E-state index is -4.72. The van der Waals surface area contributed by atoms with Crippen LogP contribution in [0.25, 0.3) is 0 Å². The van der Waals surface area contributed by atoms with Gasteiger partial charge in [0.15, 0.2) is 0 Å². The average Bonchev–Trinajstić information content (AvgIpc) is 2.46. The fourth-order valence-electron chi connectivity index (χ4n) is 1.73. The molecule has 0 aliphatic heterocycles. The smallest absolute Gasteiger partial charge is 0.416 e. The molecule has 5 nitrogen and oxygen atoms in total. The summed E-state index contributed by atoms with van der Waals surface area (Å²) in [5, 5.41) is 0. The van der Waals surface area contributed by atoms with E-state index >= 15 is 0 Å². The number of halogens is 3. The van der Waals surface area contributed by atoms with Gasteiger partial charge in [0.25, 0.3) is 0 Å². The lowest BCUT2D eigenvalue weighted by Crippen LogP contribution is -2.13. The molecular weight excluding hydrogens is 324 g/mol. The summed E-state index contributed by atoms with van der Waals surface area (Å²) in [5.41, 5.74) is -1.59. The van der Waals surface area contributed by atoms with Gasteiger partial charge in [-0.15, -0.1) is 0 Å². The van der Waals surface area contributed by atoms with Crippen LogP contribution in [-0.4, -0.2) is 26.8 Å². The first kappa shape index (κ1) is 18.7. The molecule has 0 heterocycles. The molecule has 1 aromatic carbocycles. The van der Waals surface area contributed by atoms with E-state index in [9.17, 15) is 22.5 Å². The molecule has 0 aromatic heterocycles. The summed E-state index contributed by atoms with van der Waals surface area (Å²) in [6, 6.07) is 2.92. The molecule has 0 aliphatic carbocycles. The number of hydrogen-bond acceptors (Lipinski definition) is 5. The van der Waals surface area contributed by atoms with Crippen LogP contribution in [0, 0.1) is 0 Å². The molecule has 0 unspecified atom stereocenters. The third-order valence-corrected chi connectivity index (χ3v) is 4.69. The van der Waals surface area contributed by atoms with Crippen molar-refractivity contribution in [2.45, 2.75) is 19.3 Å². The van der Waals surface area contributed by atoms with E-state index in [2.05, 4.69) is 13.8 Å². The number of benzene rings is 1. The van der Waals surface area contributed by atoms with E-state index < -0.39 is 31.5 Å². The van der Waals surface area contributed by atoms with Crippen molar-refractivity contribution in [2.75, 3.05) is 20.8 Å². The lowest BCUT2D eigenvalue weighted by molar-refractivity contribution is -0.138. The molecule has 0 amide bonds. The molecule has 0 aliphatic rings. The van der Waals surface area contributed by atoms with Gasteiger partial charge in [-0.2, -0.15) is 13.2 Å². The van der Waals surface area contributed by atoms with Gasteiger partial charge in [-0.05, 0) is 24.6 Å². The van der Waals surface area contributed by atoms with Gasteiger partial charge in [-0.25, -0.2) is 4.79 Å². The van der Waals surface area contributed by atoms with E-state index in [-0.39, 0.29) is 17.7 Å². The van der Waals surface area contributed by atoms with Gasteiger partial charge in [0.2, 0.25) is 0 Å². The maximum absolute atomic E-state index is 13.1. The summed E-state index contributed by atoms with van der Waals surface area (Å²) in [6.07, 6.45) is -5.28. The Morgan fingerprint density at radius 1 is 1.23 bits per heavy atom. The molecular formula is C13H16F3O5P. The maximum Gasteiger partial charge on any atom is 0.416 e. The first-order valence-corrected chi connectivity index (χ1v) is 7.97. The van der Waals surface area contributed by atoms with Crippen molar-refractivity contribution in [3.8, 4) is 0 Å². The molecule has 0 saturated heterocycles. The second kappa shape index (κ2) is 7.26. The predicted octanol–water partition coefficient (Wildman–Crippen LogP) is 3.87. The van der Waals surface area contributed by atoms with Crippen LogP contribution >= 0.6 is 7.60 Å². The number of rotatable bonds is 6. The van der Waals surface area contributed by atoms with Crippen LogP contribution in [0.3, 0.4) is 0 Å². The highest BCUT2D eigenvalue weighted by molar-refractivity contribution is 7.52. The Hall–Kier alpha value is -1.37. The SMILES string of the molecule is CCOC(=O)c1ccc(CP(=O)(OC)OC)c(C(F)(F)F)c1. The largest absolute Gasteiger partial charge is 0.462 e. The van der Waals surface area contributed by atoms with Crippen molar-refractivity contribution in [3.05, 3.63) is 34.9 Å². The molecule has 0 saturated carbocycles. The van der Waals surface area contributed by atoms with Gasteiger partial charge < -0.3 is 13.8 Å². The fraction of sp³-hybridized carbons (Fsp3) is 0.462. The van der Waals surface area contributed by atoms with Gasteiger partial charge >= 0.3 is 19.7 Å². The molecule has 22 heavy (non-hydrogen) atoms. The van der Waals surface area contributed by atoms with Crippen molar-refractivity contribution < 1.29 is 36.3 Å². The van der Waals surface area contributed by atoms with Crippen molar-refractivity contribution in [3.63, 3.8) is 0 Å². The van der Waals surface area contributed by atoms with E-state index in [4.69, 9.17) is 0 Å². The molecule has 0 atom stereocenters. The number of alkyl halides is 3. The Labute approximate surface area is 125 Å². The average molecular weight is 340 g/mol. The van der Waals surface area contributed by atoms with E-state index in [1.165, 1.54) is 6.07 Å². The van der Waals surface area contributed by atoms with E-state index in [0.29, 0.717) is 6.07 Å². The molecule has 0 fully saturated rings. The zero-order valence-electron chi connectivity index (χ0n) is 12.3. The lowest BCUT2D eigenvalue weighted by atomic mass is 10.0. The molecule has 0 N–H and O–H groups in total. The Kier molecular flexibility index (Phi) is 6.17. The molecule has 1 rings (SSSR count). The van der Waals surface area contributed by atoms with Crippen molar-refractivity contribution in [2.24, 2.45) is 0 Å². The highest BCUT2D eigenvalue weighted by Crippen LogP contribution is 2.51. The third-order valence-electron chi connectivity index (χ3n) is 2.85. The van der Waals surface area contributed by atoms with Gasteiger partial charge in [-0.3, -0.25) is 4.57 Å². The van der Waals surface area contributed by atoms with Crippen molar-refractivity contribution >= 4 is 13.6 Å². The molecule has 1 aromatic rings. The highest BCUT2D eigenvalue weighted by atomic mass is 31.2. The van der Waals surface area contributed by atoms with Gasteiger partial charge in [0.1, 0.15) is 0 Å². The van der Waals surface area contributed by atoms with E-state index in [1.807, 2.05) is 0 Å². The normalized spacial score (nSPS) is 12.3. The van der Waals surface area contributed by atoms with Crippen LogP contribution in [0.15, 0.2) is 18.2 Å². The topological polar surface area (TPSA) is 61.8 Å². The second-order valence-electron chi connectivity index (χ2n) is 4.22. The predicted molar refractivity (Wildman–Crippen MR) is 72.7 cm³/mol. The molecule has 0 spiro atoms. The van der Waals surface area contributed by atoms with E-state index in [0.717, 1.165) is 20.3 Å². The molecule has 0 radical (unpaired) electrons. The quantitative estimate of drug-likeness (QED) is 0.581. The van der Waals surface area contributed by atoms with Crippen molar-refractivity contribution in [1.82, 2.24) is 0 Å². The number of esters is 1. The number of ether oxygens (including phenoxy) is 1. The molecule has 0 bridgehead atoms. The van der Waals surface area contributed by atoms with Gasteiger partial charge in [0.05, 0.1) is 23.9 Å². The number of hydrogen-bond donors (Lipinski definition) is 0. The first-order valence-electron chi connectivity index (χ1n) is 6.24. The summed E-state index contributed by atoms with van der Waals surface area (Å²) >= 11 is 0. The first-order chi connectivity index (χ1) is 10.2. The Morgan fingerprint density at radius 3 is 2.27 bits per heavy atom. The minimum Gasteiger partial charge on any atom is -0.462 e. The summed E-state index contributed by atoms with van der Waals surface area (Å²) in [5.74, 6) is -0.860. The van der Waals surface area contributed by atoms with Crippen LogP contribution < -0.4 is 0 Å². The van der Waals surface area contributed by atoms with Crippen LogP contribution in [0.5, 0.6) is 0 Å². The summed E-state index contributed by atoms with van der Waals surface area (Å²) in [6.45, 7) is 1.59. The Bertz CT molecular complexity index is 578. The second-order valence-corrected chi connectivity index (χ2v) is 6.49. The number of carbonyl (C=O) groups excluding carboxylic acids is 1.